The molecule has 5 N–H and O–H groups in total. The van der Waals surface area contributed by atoms with E-state index in [1.54, 1.807) is 72.8 Å². The average Bonchev–Trinajstić information content (AvgIpc) is 3.01. The molecule has 0 aliphatic carbocycles. The molecule has 0 bridgehead atoms. The number of hydrazine groups is 2. The SMILES string of the molecule is CC(=O)c1ccccc1SSc1ccccc1C(=O)NNC(=O)c1ccccc1SSc1ccccc1C(=O)NN. The number of Topliss-reactive ketones (excluding diaryl/α,β-unsaturated/α-hetero) is 1. The maximum absolute atomic E-state index is 13.1. The van der Waals surface area contributed by atoms with Crippen LogP contribution in [0.15, 0.2) is 117 Å². The van der Waals surface area contributed by atoms with Gasteiger partial charge in [-0.1, -0.05) is 97.8 Å². The summed E-state index contributed by atoms with van der Waals surface area (Å²) in [6.07, 6.45) is 0. The molecule has 0 unspecified atom stereocenters. The predicted molar refractivity (Wildman–Crippen MR) is 166 cm³/mol. The summed E-state index contributed by atoms with van der Waals surface area (Å²) in [5, 5.41) is 0. The highest BCUT2D eigenvalue weighted by Gasteiger charge is 2.18. The number of ketones is 1. The molecule has 0 aromatic heterocycles. The van der Waals surface area contributed by atoms with Gasteiger partial charge in [-0.2, -0.15) is 0 Å². The first-order valence-electron chi connectivity index (χ1n) is 12.1. The number of rotatable bonds is 10. The number of nitrogen functional groups attached to an aromatic ring is 1. The maximum Gasteiger partial charge on any atom is 0.270 e. The number of benzene rings is 4. The van der Waals surface area contributed by atoms with Gasteiger partial charge in [0.15, 0.2) is 5.78 Å². The van der Waals surface area contributed by atoms with E-state index in [0.29, 0.717) is 36.9 Å². The molecule has 208 valence electrons. The minimum atomic E-state index is -0.495. The monoisotopic (exact) mass is 620 g/mol. The minimum Gasteiger partial charge on any atom is -0.294 e. The van der Waals surface area contributed by atoms with E-state index in [9.17, 15) is 19.2 Å². The number of carbonyl (C=O) groups is 4. The van der Waals surface area contributed by atoms with Gasteiger partial charge in [-0.05, 0) is 49.4 Å². The Kier molecular flexibility index (Phi) is 10.9. The molecule has 0 radical (unpaired) electrons. The van der Waals surface area contributed by atoms with Crippen molar-refractivity contribution in [2.24, 2.45) is 5.84 Å². The molecular formula is C29H24N4O4S4. The van der Waals surface area contributed by atoms with E-state index in [1.165, 1.54) is 50.1 Å². The Balaban J connectivity index is 1.41. The molecule has 0 saturated heterocycles. The van der Waals surface area contributed by atoms with Gasteiger partial charge in [0.2, 0.25) is 0 Å². The Morgan fingerprint density at radius 3 is 1.12 bits per heavy atom. The lowest BCUT2D eigenvalue weighted by Crippen LogP contribution is -2.42. The zero-order valence-corrected chi connectivity index (χ0v) is 24.8. The van der Waals surface area contributed by atoms with Gasteiger partial charge in [0.05, 0.1) is 16.7 Å². The zero-order chi connectivity index (χ0) is 29.2. The van der Waals surface area contributed by atoms with Gasteiger partial charge in [-0.25, -0.2) is 5.84 Å². The molecule has 0 heterocycles. The van der Waals surface area contributed by atoms with Crippen LogP contribution in [0.25, 0.3) is 0 Å². The summed E-state index contributed by atoms with van der Waals surface area (Å²) in [6.45, 7) is 1.52. The lowest BCUT2D eigenvalue weighted by Gasteiger charge is -2.13. The highest BCUT2D eigenvalue weighted by molar-refractivity contribution is 8.77. The second kappa shape index (κ2) is 14.8. The third kappa shape index (κ3) is 7.96. The van der Waals surface area contributed by atoms with Crippen molar-refractivity contribution in [3.63, 3.8) is 0 Å². The number of hydrogen-bond donors (Lipinski definition) is 4. The fourth-order valence-corrected chi connectivity index (χ4v) is 8.29. The molecule has 0 aliphatic heterocycles. The largest absolute Gasteiger partial charge is 0.294 e. The highest BCUT2D eigenvalue weighted by atomic mass is 33.1. The van der Waals surface area contributed by atoms with Crippen molar-refractivity contribution in [2.75, 3.05) is 0 Å². The smallest absolute Gasteiger partial charge is 0.270 e. The van der Waals surface area contributed by atoms with Gasteiger partial charge in [-0.15, -0.1) is 0 Å². The molecule has 4 aromatic rings. The Labute approximate surface area is 252 Å². The van der Waals surface area contributed by atoms with E-state index in [1.807, 2.05) is 24.3 Å². The van der Waals surface area contributed by atoms with Crippen molar-refractivity contribution in [1.29, 1.82) is 0 Å². The molecule has 0 spiro atoms. The summed E-state index contributed by atoms with van der Waals surface area (Å²) < 4.78 is 0. The van der Waals surface area contributed by atoms with E-state index in [4.69, 9.17) is 5.84 Å². The van der Waals surface area contributed by atoms with Crippen molar-refractivity contribution in [3.8, 4) is 0 Å². The van der Waals surface area contributed by atoms with Crippen LogP contribution in [0.2, 0.25) is 0 Å². The van der Waals surface area contributed by atoms with Crippen LogP contribution < -0.4 is 22.1 Å². The van der Waals surface area contributed by atoms with E-state index in [0.717, 1.165) is 4.90 Å². The van der Waals surface area contributed by atoms with Crippen LogP contribution in [0, 0.1) is 0 Å². The topological polar surface area (TPSA) is 130 Å². The summed E-state index contributed by atoms with van der Waals surface area (Å²) in [7, 11) is 5.35. The molecule has 12 heteroatoms. The maximum atomic E-state index is 13.1. The van der Waals surface area contributed by atoms with Crippen molar-refractivity contribution in [1.82, 2.24) is 16.3 Å². The zero-order valence-electron chi connectivity index (χ0n) is 21.6. The number of carbonyl (C=O) groups excluding carboxylic acids is 4. The molecule has 0 saturated carbocycles. The van der Waals surface area contributed by atoms with E-state index in [2.05, 4.69) is 16.3 Å². The minimum absolute atomic E-state index is 0.0375. The lowest BCUT2D eigenvalue weighted by atomic mass is 10.1. The van der Waals surface area contributed by atoms with Gasteiger partial charge in [0.25, 0.3) is 17.7 Å². The van der Waals surface area contributed by atoms with E-state index in [-0.39, 0.29) is 5.78 Å². The molecule has 3 amide bonds. The first-order chi connectivity index (χ1) is 19.9. The molecular weight excluding hydrogens is 597 g/mol. The van der Waals surface area contributed by atoms with Crippen molar-refractivity contribution >= 4 is 66.7 Å². The number of nitrogens with two attached hydrogens (primary N) is 1. The molecule has 4 aromatic carbocycles. The molecule has 8 nitrogen and oxygen atoms in total. The second-order valence-corrected chi connectivity index (χ2v) is 12.7. The molecule has 0 fully saturated rings. The van der Waals surface area contributed by atoms with Crippen LogP contribution >= 0.6 is 43.2 Å². The summed E-state index contributed by atoms with van der Waals surface area (Å²) in [5.74, 6) is 3.86. The lowest BCUT2D eigenvalue weighted by molar-refractivity contribution is 0.0843. The summed E-state index contributed by atoms with van der Waals surface area (Å²) in [6, 6.07) is 28.3. The summed E-state index contributed by atoms with van der Waals surface area (Å²) >= 11 is 0. The summed E-state index contributed by atoms with van der Waals surface area (Å²) in [4.78, 5) is 53.0. The highest BCUT2D eigenvalue weighted by Crippen LogP contribution is 2.41. The Morgan fingerprint density at radius 1 is 0.488 bits per heavy atom. The Hall–Kier alpha value is -3.68. The van der Waals surface area contributed by atoms with E-state index < -0.39 is 17.7 Å². The van der Waals surface area contributed by atoms with Crippen molar-refractivity contribution < 1.29 is 19.2 Å². The first-order valence-corrected chi connectivity index (χ1v) is 16.4. The van der Waals surface area contributed by atoms with Crippen LogP contribution in [0.3, 0.4) is 0 Å². The van der Waals surface area contributed by atoms with Crippen LogP contribution in [-0.2, 0) is 0 Å². The Bertz CT molecular complexity index is 1600. The second-order valence-electron chi connectivity index (χ2n) is 8.26. The molecule has 41 heavy (non-hydrogen) atoms. The van der Waals surface area contributed by atoms with Gasteiger partial charge in [0, 0.05) is 25.1 Å². The van der Waals surface area contributed by atoms with Crippen LogP contribution in [0.1, 0.15) is 48.4 Å². The summed E-state index contributed by atoms with van der Waals surface area (Å²) in [5.41, 5.74) is 8.89. The van der Waals surface area contributed by atoms with Gasteiger partial charge in [-0.3, -0.25) is 35.5 Å². The molecule has 4 rings (SSSR count). The molecule has 0 atom stereocenters. The predicted octanol–water partition coefficient (Wildman–Crippen LogP) is 6.17. The normalized spacial score (nSPS) is 10.5. The average molecular weight is 621 g/mol. The molecule has 0 aliphatic rings. The van der Waals surface area contributed by atoms with Gasteiger partial charge >= 0.3 is 0 Å². The van der Waals surface area contributed by atoms with Crippen LogP contribution in [0.4, 0.5) is 0 Å². The number of hydrogen-bond acceptors (Lipinski definition) is 9. The Morgan fingerprint density at radius 2 is 0.780 bits per heavy atom. The van der Waals surface area contributed by atoms with Gasteiger partial charge in [0.1, 0.15) is 0 Å². The fourth-order valence-electron chi connectivity index (χ4n) is 3.52. The van der Waals surface area contributed by atoms with Crippen molar-refractivity contribution in [2.45, 2.75) is 26.5 Å². The van der Waals surface area contributed by atoms with Gasteiger partial charge < -0.3 is 0 Å². The van der Waals surface area contributed by atoms with Crippen LogP contribution in [0.5, 0.6) is 0 Å². The standard InChI is InChI=1S/C29H24N4O4S4/c1-18(34)19-10-2-6-14-23(19)38-40-25-16-8-4-12-21(25)28(36)32-33-29(37)22-13-5-9-17-26(22)41-39-24-15-7-3-11-20(24)27(35)31-30/h2-17H,30H2,1H3,(H,31,35)(H,32,36)(H,33,37). The third-order valence-corrected chi connectivity index (χ3v) is 10.5. The van der Waals surface area contributed by atoms with E-state index >= 15 is 0 Å². The third-order valence-electron chi connectivity index (χ3n) is 5.52. The quantitative estimate of drug-likeness (QED) is 0.0541. The van der Waals surface area contributed by atoms with Crippen LogP contribution in [-0.4, -0.2) is 23.5 Å². The number of amides is 3. The first kappa shape index (κ1) is 30.3. The van der Waals surface area contributed by atoms with Crippen molar-refractivity contribution in [3.05, 3.63) is 119 Å². The number of nitrogens with one attached hydrogen (secondary N) is 3. The fraction of sp³-hybridized carbons (Fsp3) is 0.0345.